The summed E-state index contributed by atoms with van der Waals surface area (Å²) in [5.74, 6) is 0.0898. The van der Waals surface area contributed by atoms with E-state index in [-0.39, 0.29) is 25.0 Å². The normalized spacial score (nSPS) is 23.2. The molecule has 1 aromatic heterocycles. The molecule has 0 radical (unpaired) electrons. The number of carbonyl (C=O) groups is 3. The van der Waals surface area contributed by atoms with Crippen molar-refractivity contribution in [2.24, 2.45) is 11.3 Å². The third kappa shape index (κ3) is 9.09. The van der Waals surface area contributed by atoms with Crippen LogP contribution < -0.4 is 24.6 Å². The van der Waals surface area contributed by atoms with Gasteiger partial charge in [-0.05, 0) is 67.9 Å². The standard InChI is InChI=1S/C45H52ClN4O8P/c1-7-29-26-45(29,59(6,54)58-33-19-13-16-30(46)22-33)49-41(51)38-24-34(27-50(38)42(52)40(44(2,3)4)48-43(53)57-31-17-11-12-18-31)56-39-25-36(28-14-9-8-10-15-28)47-37-23-32(55-5)20-21-35(37)39/h7-10,13-16,19-23,25,29,31,34,38,40H,1,11-12,17-18,24,26-27H2,2-6H3,(H,48,53)(H,49,51)/t29-,34-,38+,40-,45+,59?/m1/s1. The Morgan fingerprint density at radius 2 is 1.75 bits per heavy atom. The molecule has 3 aromatic carbocycles. The highest BCUT2D eigenvalue weighted by Gasteiger charge is 2.66. The number of alkyl carbamates (subject to hydrolysis) is 1. The van der Waals surface area contributed by atoms with Gasteiger partial charge in [-0.2, -0.15) is 0 Å². The van der Waals surface area contributed by atoms with E-state index in [0.29, 0.717) is 39.9 Å². The third-order valence-corrected chi connectivity index (χ3v) is 14.4. The Kier molecular flexibility index (Phi) is 12.0. The van der Waals surface area contributed by atoms with Crippen molar-refractivity contribution in [1.29, 1.82) is 0 Å². The van der Waals surface area contributed by atoms with Crippen LogP contribution in [0.3, 0.4) is 0 Å². The largest absolute Gasteiger partial charge is 0.497 e. The number of nitrogens with zero attached hydrogens (tertiary/aromatic N) is 2. The van der Waals surface area contributed by atoms with Crippen LogP contribution in [0.2, 0.25) is 5.02 Å². The quantitative estimate of drug-likeness (QED) is 0.0995. The van der Waals surface area contributed by atoms with E-state index >= 15 is 0 Å². The van der Waals surface area contributed by atoms with Crippen molar-refractivity contribution >= 4 is 47.8 Å². The van der Waals surface area contributed by atoms with Crippen LogP contribution in [0.1, 0.15) is 59.3 Å². The Labute approximate surface area is 350 Å². The summed E-state index contributed by atoms with van der Waals surface area (Å²) >= 11 is 6.22. The Bertz CT molecular complexity index is 2280. The average molecular weight is 843 g/mol. The molecule has 12 nitrogen and oxygen atoms in total. The van der Waals surface area contributed by atoms with Gasteiger partial charge in [0.15, 0.2) is 0 Å². The summed E-state index contributed by atoms with van der Waals surface area (Å²) < 4.78 is 38.6. The van der Waals surface area contributed by atoms with Crippen molar-refractivity contribution < 1.29 is 37.7 Å². The van der Waals surface area contributed by atoms with Crippen LogP contribution in [0.15, 0.2) is 91.5 Å². The molecule has 7 rings (SSSR count). The Hall–Kier alpha value is -5.06. The minimum atomic E-state index is -3.64. The van der Waals surface area contributed by atoms with Crippen LogP contribution in [-0.2, 0) is 18.9 Å². The van der Waals surface area contributed by atoms with Gasteiger partial charge in [-0.3, -0.25) is 14.2 Å². The fraction of sp³-hybridized carbons (Fsp3) is 0.422. The highest BCUT2D eigenvalue weighted by molar-refractivity contribution is 7.60. The van der Waals surface area contributed by atoms with Gasteiger partial charge in [0.1, 0.15) is 46.8 Å². The molecule has 4 aromatic rings. The number of hydrogen-bond acceptors (Lipinski definition) is 9. The molecular weight excluding hydrogens is 791 g/mol. The van der Waals surface area contributed by atoms with Gasteiger partial charge >= 0.3 is 6.09 Å². The van der Waals surface area contributed by atoms with Crippen LogP contribution in [0.25, 0.3) is 22.2 Å². The molecule has 1 aliphatic heterocycles. The molecule has 2 N–H and O–H groups in total. The van der Waals surface area contributed by atoms with Crippen LogP contribution in [0.5, 0.6) is 17.2 Å². The van der Waals surface area contributed by atoms with Crippen LogP contribution in [0, 0.1) is 11.3 Å². The number of pyridine rings is 1. The zero-order valence-corrected chi connectivity index (χ0v) is 35.8. The van der Waals surface area contributed by atoms with Crippen LogP contribution >= 0.6 is 19.0 Å². The first-order chi connectivity index (χ1) is 28.1. The molecule has 6 atom stereocenters. The second-order valence-corrected chi connectivity index (χ2v) is 20.0. The molecule has 2 saturated carbocycles. The summed E-state index contributed by atoms with van der Waals surface area (Å²) in [6.07, 6.45) is 4.01. The maximum atomic E-state index is 14.9. The Balaban J connectivity index is 1.22. The van der Waals surface area contributed by atoms with Gasteiger partial charge in [-0.15, -0.1) is 6.58 Å². The molecule has 0 spiro atoms. The number of benzene rings is 3. The lowest BCUT2D eigenvalue weighted by Gasteiger charge is -2.36. The highest BCUT2D eigenvalue weighted by Crippen LogP contribution is 2.70. The maximum absolute atomic E-state index is 14.9. The topological polar surface area (TPSA) is 145 Å². The second-order valence-electron chi connectivity index (χ2n) is 16.8. The molecule has 2 aliphatic carbocycles. The maximum Gasteiger partial charge on any atom is 0.408 e. The minimum Gasteiger partial charge on any atom is -0.497 e. The first-order valence-electron chi connectivity index (χ1n) is 20.1. The summed E-state index contributed by atoms with van der Waals surface area (Å²) in [4.78, 5) is 49.3. The number of amides is 3. The Morgan fingerprint density at radius 1 is 1.00 bits per heavy atom. The lowest BCUT2D eigenvalue weighted by Crippen LogP contribution is -2.58. The smallest absolute Gasteiger partial charge is 0.408 e. The molecule has 312 valence electrons. The van der Waals surface area contributed by atoms with Gasteiger partial charge < -0.3 is 34.3 Å². The first-order valence-corrected chi connectivity index (χ1v) is 22.5. The number of carbonyl (C=O) groups excluding carboxylic acids is 3. The molecule has 2 heterocycles. The predicted molar refractivity (Wildman–Crippen MR) is 228 cm³/mol. The van der Waals surface area contributed by atoms with Crippen molar-refractivity contribution in [3.05, 3.63) is 96.5 Å². The van der Waals surface area contributed by atoms with E-state index < -0.39 is 54.2 Å². The minimum absolute atomic E-state index is 0.0180. The van der Waals surface area contributed by atoms with Gasteiger partial charge in [0.2, 0.25) is 11.8 Å². The number of nitrogens with one attached hydrogen (secondary N) is 2. The van der Waals surface area contributed by atoms with Crippen LogP contribution in [0.4, 0.5) is 4.79 Å². The number of halogens is 1. The molecule has 1 unspecified atom stereocenters. The predicted octanol–water partition coefficient (Wildman–Crippen LogP) is 9.00. The van der Waals surface area contributed by atoms with Crippen molar-refractivity contribution in [2.45, 2.75) is 88.9 Å². The first kappa shape index (κ1) is 42.1. The summed E-state index contributed by atoms with van der Waals surface area (Å²) in [7, 11) is -2.05. The molecule has 3 aliphatic rings. The second kappa shape index (κ2) is 16.9. The van der Waals surface area contributed by atoms with Crippen molar-refractivity contribution in [1.82, 2.24) is 20.5 Å². The number of fused-ring (bicyclic) bond motifs is 1. The number of likely N-dealkylation sites (tertiary alicyclic amines) is 1. The monoisotopic (exact) mass is 842 g/mol. The van der Waals surface area contributed by atoms with Gasteiger partial charge in [-0.1, -0.05) is 74.8 Å². The number of hydrogen-bond donors (Lipinski definition) is 2. The highest BCUT2D eigenvalue weighted by atomic mass is 35.5. The molecule has 14 heteroatoms. The van der Waals surface area contributed by atoms with E-state index in [4.69, 9.17) is 35.3 Å². The average Bonchev–Trinajstić information content (AvgIpc) is 3.45. The van der Waals surface area contributed by atoms with E-state index in [0.717, 1.165) is 36.6 Å². The number of ether oxygens (including phenoxy) is 3. The SMILES string of the molecule is C=C[C@@H]1C[C@]1(NC(=O)[C@@H]1C[C@@H](Oc2cc(-c3ccccc3)nc3cc(OC)ccc23)CN1C(=O)[C@@H](NC(=O)OC1CCCC1)C(C)(C)C)P(C)(=O)Oc1cccc(Cl)c1. The van der Waals surface area contributed by atoms with Gasteiger partial charge in [-0.25, -0.2) is 9.78 Å². The molecular formula is C45H52ClN4O8P. The van der Waals surface area contributed by atoms with Crippen molar-refractivity contribution in [2.75, 3.05) is 20.3 Å². The summed E-state index contributed by atoms with van der Waals surface area (Å²) in [5.41, 5.74) is 1.42. The van der Waals surface area contributed by atoms with Gasteiger partial charge in [0, 0.05) is 47.1 Å². The van der Waals surface area contributed by atoms with E-state index in [2.05, 4.69) is 17.2 Å². The van der Waals surface area contributed by atoms with Crippen LogP contribution in [-0.4, -0.2) is 77.7 Å². The van der Waals surface area contributed by atoms with E-state index in [1.165, 1.54) is 11.6 Å². The number of aromatic nitrogens is 1. The zero-order chi connectivity index (χ0) is 42.1. The third-order valence-electron chi connectivity index (χ3n) is 11.6. The lowest BCUT2D eigenvalue weighted by molar-refractivity contribution is -0.142. The van der Waals surface area contributed by atoms with E-state index in [1.807, 2.05) is 75.4 Å². The molecule has 1 saturated heterocycles. The van der Waals surface area contributed by atoms with Gasteiger partial charge in [0.25, 0.3) is 7.37 Å². The summed E-state index contributed by atoms with van der Waals surface area (Å²) in [6.45, 7) is 11.0. The zero-order valence-electron chi connectivity index (χ0n) is 34.1. The summed E-state index contributed by atoms with van der Waals surface area (Å²) in [5, 5.41) is 5.77. The van der Waals surface area contributed by atoms with Crippen molar-refractivity contribution in [3.8, 4) is 28.5 Å². The fourth-order valence-corrected chi connectivity index (χ4v) is 10.6. The number of rotatable bonds is 13. The van der Waals surface area contributed by atoms with Crippen molar-refractivity contribution in [3.63, 3.8) is 0 Å². The van der Waals surface area contributed by atoms with Gasteiger partial charge in [0.05, 0.1) is 24.9 Å². The fourth-order valence-electron chi connectivity index (χ4n) is 8.21. The molecule has 3 fully saturated rings. The summed E-state index contributed by atoms with van der Waals surface area (Å²) in [6, 6.07) is 21.6. The molecule has 59 heavy (non-hydrogen) atoms. The Morgan fingerprint density at radius 3 is 2.41 bits per heavy atom. The molecule has 0 bridgehead atoms. The molecule has 3 amide bonds. The lowest BCUT2D eigenvalue weighted by atomic mass is 9.85. The number of methoxy groups -OCH3 is 1. The van der Waals surface area contributed by atoms with E-state index in [1.54, 1.807) is 37.5 Å². The van der Waals surface area contributed by atoms with E-state index in [9.17, 15) is 18.9 Å².